The van der Waals surface area contributed by atoms with Gasteiger partial charge in [0.1, 0.15) is 9.84 Å². The van der Waals surface area contributed by atoms with Gasteiger partial charge in [-0.1, -0.05) is 24.8 Å². The standard InChI is InChI=1S/C22H22N4OS3/c1-3-26-21(27)18-15-8-7-13(2)10-17(15)30-20(18)25-22(26)29-12-14-11-28-19(24-14)16-6-4-5-9-23-16/h4-6,9,11,13H,3,7-8,10,12H2,1-2H3. The van der Waals surface area contributed by atoms with Crippen molar-refractivity contribution in [3.8, 4) is 10.7 Å². The van der Waals surface area contributed by atoms with E-state index in [0.717, 1.165) is 51.0 Å². The molecule has 0 N–H and O–H groups in total. The number of thioether (sulfide) groups is 1. The van der Waals surface area contributed by atoms with Crippen molar-refractivity contribution in [2.75, 3.05) is 0 Å². The van der Waals surface area contributed by atoms with Crippen molar-refractivity contribution in [2.24, 2.45) is 5.92 Å². The molecule has 0 spiro atoms. The number of thiazole rings is 1. The van der Waals surface area contributed by atoms with E-state index < -0.39 is 0 Å². The average Bonchev–Trinajstić information content (AvgIpc) is 3.37. The third-order valence-electron chi connectivity index (χ3n) is 5.48. The Morgan fingerprint density at radius 1 is 1.30 bits per heavy atom. The molecule has 1 aliphatic carbocycles. The molecule has 30 heavy (non-hydrogen) atoms. The molecule has 1 aliphatic rings. The van der Waals surface area contributed by atoms with Gasteiger partial charge in [0.05, 0.1) is 16.8 Å². The van der Waals surface area contributed by atoms with Gasteiger partial charge >= 0.3 is 0 Å². The summed E-state index contributed by atoms with van der Waals surface area (Å²) in [7, 11) is 0. The molecular formula is C22H22N4OS3. The second kappa shape index (κ2) is 8.24. The van der Waals surface area contributed by atoms with Gasteiger partial charge in [-0.25, -0.2) is 9.97 Å². The van der Waals surface area contributed by atoms with Crippen LogP contribution in [0.15, 0.2) is 39.7 Å². The molecule has 4 heterocycles. The van der Waals surface area contributed by atoms with E-state index in [0.29, 0.717) is 18.2 Å². The first kappa shape index (κ1) is 19.9. The van der Waals surface area contributed by atoms with Crippen LogP contribution in [-0.2, 0) is 25.1 Å². The summed E-state index contributed by atoms with van der Waals surface area (Å²) in [6.45, 7) is 4.93. The van der Waals surface area contributed by atoms with Gasteiger partial charge in [-0.3, -0.25) is 14.3 Å². The van der Waals surface area contributed by atoms with Gasteiger partial charge in [0.25, 0.3) is 5.56 Å². The Labute approximate surface area is 187 Å². The molecule has 4 aromatic rings. The quantitative estimate of drug-likeness (QED) is 0.298. The lowest BCUT2D eigenvalue weighted by atomic mass is 9.89. The summed E-state index contributed by atoms with van der Waals surface area (Å²) in [6.07, 6.45) is 5.01. The molecule has 0 aromatic carbocycles. The number of aryl methyl sites for hydroxylation is 1. The normalized spacial score (nSPS) is 16.1. The van der Waals surface area contributed by atoms with E-state index >= 15 is 0 Å². The fourth-order valence-corrected chi connectivity index (χ4v) is 7.19. The lowest BCUT2D eigenvalue weighted by Crippen LogP contribution is -2.23. The monoisotopic (exact) mass is 454 g/mol. The maximum atomic E-state index is 13.3. The summed E-state index contributed by atoms with van der Waals surface area (Å²) in [4.78, 5) is 29.6. The number of fused-ring (bicyclic) bond motifs is 3. The van der Waals surface area contributed by atoms with Gasteiger partial charge in [0.15, 0.2) is 5.16 Å². The summed E-state index contributed by atoms with van der Waals surface area (Å²) >= 11 is 4.90. The number of thiophene rings is 1. The van der Waals surface area contributed by atoms with Crippen LogP contribution in [0.4, 0.5) is 0 Å². The lowest BCUT2D eigenvalue weighted by molar-refractivity contribution is 0.509. The van der Waals surface area contributed by atoms with Crippen LogP contribution in [0.1, 0.15) is 36.4 Å². The Kier molecular flexibility index (Phi) is 5.47. The van der Waals surface area contributed by atoms with Crippen LogP contribution in [0.2, 0.25) is 0 Å². The smallest absolute Gasteiger partial charge is 0.263 e. The zero-order valence-electron chi connectivity index (χ0n) is 16.9. The molecule has 0 bridgehead atoms. The van der Waals surface area contributed by atoms with Gasteiger partial charge in [-0.2, -0.15) is 0 Å². The lowest BCUT2D eigenvalue weighted by Gasteiger charge is -2.17. The first-order valence-electron chi connectivity index (χ1n) is 10.2. The summed E-state index contributed by atoms with van der Waals surface area (Å²) in [5.74, 6) is 1.37. The van der Waals surface area contributed by atoms with Gasteiger partial charge in [0, 0.05) is 28.8 Å². The van der Waals surface area contributed by atoms with E-state index in [1.54, 1.807) is 40.6 Å². The summed E-state index contributed by atoms with van der Waals surface area (Å²) in [5.41, 5.74) is 3.25. The molecule has 5 rings (SSSR count). The van der Waals surface area contributed by atoms with Crippen LogP contribution in [0.5, 0.6) is 0 Å². The van der Waals surface area contributed by atoms with Gasteiger partial charge in [0.2, 0.25) is 0 Å². The van der Waals surface area contributed by atoms with Crippen molar-refractivity contribution in [1.29, 1.82) is 0 Å². The van der Waals surface area contributed by atoms with E-state index in [1.165, 1.54) is 10.4 Å². The molecule has 0 radical (unpaired) electrons. The number of hydrogen-bond acceptors (Lipinski definition) is 7. The molecule has 1 unspecified atom stereocenters. The predicted octanol–water partition coefficient (Wildman–Crippen LogP) is 5.41. The van der Waals surface area contributed by atoms with Gasteiger partial charge in [-0.15, -0.1) is 22.7 Å². The molecule has 1 atom stereocenters. The van der Waals surface area contributed by atoms with Crippen LogP contribution < -0.4 is 5.56 Å². The summed E-state index contributed by atoms with van der Waals surface area (Å²) in [6, 6.07) is 5.85. The van der Waals surface area contributed by atoms with E-state index in [2.05, 4.69) is 17.3 Å². The summed E-state index contributed by atoms with van der Waals surface area (Å²) in [5, 5.41) is 4.63. The fourth-order valence-electron chi connectivity index (χ4n) is 3.91. The van der Waals surface area contributed by atoms with Crippen molar-refractivity contribution in [2.45, 2.75) is 50.6 Å². The highest BCUT2D eigenvalue weighted by Crippen LogP contribution is 2.37. The second-order valence-corrected chi connectivity index (χ2v) is 10.5. The molecule has 0 saturated carbocycles. The van der Waals surface area contributed by atoms with Gasteiger partial charge in [-0.05, 0) is 49.8 Å². The zero-order valence-corrected chi connectivity index (χ0v) is 19.4. The number of hydrogen-bond donors (Lipinski definition) is 0. The Hall–Kier alpha value is -2.03. The van der Waals surface area contributed by atoms with Crippen molar-refractivity contribution in [1.82, 2.24) is 19.5 Å². The van der Waals surface area contributed by atoms with Crippen LogP contribution in [0.25, 0.3) is 20.9 Å². The maximum absolute atomic E-state index is 13.3. The molecule has 0 amide bonds. The SMILES string of the molecule is CCn1c(SCc2csc(-c3ccccn3)n2)nc2sc3c(c2c1=O)CCC(C)C3. The van der Waals surface area contributed by atoms with Crippen molar-refractivity contribution < 1.29 is 0 Å². The Balaban J connectivity index is 1.45. The third-order valence-corrected chi connectivity index (χ3v) is 8.55. The predicted molar refractivity (Wildman–Crippen MR) is 126 cm³/mol. The maximum Gasteiger partial charge on any atom is 0.263 e. The highest BCUT2D eigenvalue weighted by Gasteiger charge is 2.24. The first-order valence-corrected chi connectivity index (χ1v) is 12.9. The highest BCUT2D eigenvalue weighted by molar-refractivity contribution is 7.98. The van der Waals surface area contributed by atoms with E-state index in [9.17, 15) is 4.79 Å². The number of rotatable bonds is 5. The largest absolute Gasteiger partial charge is 0.287 e. The highest BCUT2D eigenvalue weighted by atomic mass is 32.2. The van der Waals surface area contributed by atoms with Crippen molar-refractivity contribution in [3.63, 3.8) is 0 Å². The minimum Gasteiger partial charge on any atom is -0.287 e. The molecule has 0 fully saturated rings. The van der Waals surface area contributed by atoms with E-state index in [4.69, 9.17) is 9.97 Å². The van der Waals surface area contributed by atoms with E-state index in [-0.39, 0.29) is 5.56 Å². The van der Waals surface area contributed by atoms with Crippen LogP contribution in [0, 0.1) is 5.92 Å². The summed E-state index contributed by atoms with van der Waals surface area (Å²) < 4.78 is 1.82. The first-order chi connectivity index (χ1) is 14.6. The Bertz CT molecular complexity index is 1260. The van der Waals surface area contributed by atoms with Crippen LogP contribution in [-0.4, -0.2) is 19.5 Å². The van der Waals surface area contributed by atoms with E-state index in [1.807, 2.05) is 29.7 Å². The number of aromatic nitrogens is 4. The third kappa shape index (κ3) is 3.61. The minimum atomic E-state index is 0.115. The zero-order chi connectivity index (χ0) is 20.7. The molecule has 8 heteroatoms. The molecule has 154 valence electrons. The average molecular weight is 455 g/mol. The number of nitrogens with zero attached hydrogens (tertiary/aromatic N) is 4. The molecule has 4 aromatic heterocycles. The molecule has 0 aliphatic heterocycles. The van der Waals surface area contributed by atoms with Crippen molar-refractivity contribution >= 4 is 44.7 Å². The molecular weight excluding hydrogens is 432 g/mol. The Morgan fingerprint density at radius 2 is 2.20 bits per heavy atom. The Morgan fingerprint density at radius 3 is 3.00 bits per heavy atom. The van der Waals surface area contributed by atoms with Crippen molar-refractivity contribution in [3.05, 3.63) is 56.3 Å². The topological polar surface area (TPSA) is 60.7 Å². The van der Waals surface area contributed by atoms with Crippen LogP contribution in [0.3, 0.4) is 0 Å². The fraction of sp³-hybridized carbons (Fsp3) is 0.364. The minimum absolute atomic E-state index is 0.115. The van der Waals surface area contributed by atoms with Gasteiger partial charge < -0.3 is 0 Å². The molecule has 5 nitrogen and oxygen atoms in total. The molecule has 0 saturated heterocycles. The number of pyridine rings is 1. The second-order valence-electron chi connectivity index (χ2n) is 7.62. The van der Waals surface area contributed by atoms with Crippen LogP contribution >= 0.6 is 34.4 Å².